The lowest BCUT2D eigenvalue weighted by Crippen LogP contribution is -2.38. The molecule has 4 rings (SSSR count). The topological polar surface area (TPSA) is 69.8 Å². The van der Waals surface area contributed by atoms with Crippen LogP contribution in [0.5, 0.6) is 0 Å². The van der Waals surface area contributed by atoms with Gasteiger partial charge in [-0.25, -0.2) is 4.99 Å². The number of hydrogen-bond acceptors (Lipinski definition) is 4. The molecule has 2 atom stereocenters. The van der Waals surface area contributed by atoms with Gasteiger partial charge in [-0.3, -0.25) is 9.30 Å². The van der Waals surface area contributed by atoms with Gasteiger partial charge in [0.15, 0.2) is 17.4 Å². The Hall–Kier alpha value is -2.93. The number of likely N-dealkylation sites (tertiary alicyclic amines) is 1. The van der Waals surface area contributed by atoms with Crippen LogP contribution in [0.1, 0.15) is 44.1 Å². The van der Waals surface area contributed by atoms with Crippen LogP contribution < -0.4 is 10.6 Å². The molecule has 7 nitrogen and oxygen atoms in total. The summed E-state index contributed by atoms with van der Waals surface area (Å²) in [6.45, 7) is 12.2. The molecule has 1 saturated heterocycles. The van der Waals surface area contributed by atoms with Gasteiger partial charge < -0.3 is 10.6 Å². The lowest BCUT2D eigenvalue weighted by Gasteiger charge is -2.35. The molecule has 1 fully saturated rings. The lowest BCUT2D eigenvalue weighted by molar-refractivity contribution is 0.134. The quantitative estimate of drug-likeness (QED) is 0.441. The third-order valence-electron chi connectivity index (χ3n) is 6.01. The summed E-state index contributed by atoms with van der Waals surface area (Å²) in [6.07, 6.45) is 3.32. The van der Waals surface area contributed by atoms with Gasteiger partial charge >= 0.3 is 0 Å². The minimum atomic E-state index is 0.558. The molecule has 32 heavy (non-hydrogen) atoms. The van der Waals surface area contributed by atoms with Crippen molar-refractivity contribution in [2.75, 3.05) is 19.6 Å². The molecular formula is C25H35N7. The van der Waals surface area contributed by atoms with Crippen LogP contribution in [0.3, 0.4) is 0 Å². The molecule has 2 N–H and O–H groups in total. The predicted molar refractivity (Wildman–Crippen MR) is 129 cm³/mol. The van der Waals surface area contributed by atoms with Crippen molar-refractivity contribution in [2.24, 2.45) is 16.8 Å². The van der Waals surface area contributed by atoms with Gasteiger partial charge in [-0.15, -0.1) is 10.2 Å². The minimum Gasteiger partial charge on any atom is -0.357 e. The summed E-state index contributed by atoms with van der Waals surface area (Å²) < 4.78 is 1.99. The predicted octanol–water partition coefficient (Wildman–Crippen LogP) is 3.46. The fraction of sp³-hybridized carbons (Fsp3) is 0.480. The number of piperidine rings is 1. The van der Waals surface area contributed by atoms with E-state index in [1.807, 2.05) is 28.8 Å². The molecule has 3 aromatic rings. The Bertz CT molecular complexity index is 1030. The van der Waals surface area contributed by atoms with Crippen molar-refractivity contribution in [3.8, 4) is 0 Å². The first-order valence-electron chi connectivity index (χ1n) is 11.7. The van der Waals surface area contributed by atoms with E-state index in [4.69, 9.17) is 4.99 Å². The van der Waals surface area contributed by atoms with E-state index in [2.05, 4.69) is 70.8 Å². The van der Waals surface area contributed by atoms with Crippen molar-refractivity contribution >= 4 is 11.6 Å². The first kappa shape index (κ1) is 22.3. The van der Waals surface area contributed by atoms with Crippen molar-refractivity contribution in [1.29, 1.82) is 0 Å². The smallest absolute Gasteiger partial charge is 0.191 e. The van der Waals surface area contributed by atoms with Crippen molar-refractivity contribution in [2.45, 2.75) is 46.8 Å². The van der Waals surface area contributed by atoms with E-state index in [9.17, 15) is 0 Å². The summed E-state index contributed by atoms with van der Waals surface area (Å²) in [7, 11) is 0. The fourth-order valence-electron chi connectivity index (χ4n) is 4.71. The second-order valence-corrected chi connectivity index (χ2v) is 9.00. The van der Waals surface area contributed by atoms with Crippen LogP contribution >= 0.6 is 0 Å². The van der Waals surface area contributed by atoms with Crippen molar-refractivity contribution in [3.63, 3.8) is 0 Å². The molecule has 1 aliphatic rings. The summed E-state index contributed by atoms with van der Waals surface area (Å²) in [5.41, 5.74) is 3.50. The van der Waals surface area contributed by atoms with Gasteiger partial charge in [0.2, 0.25) is 0 Å². The molecule has 170 valence electrons. The molecular weight excluding hydrogens is 398 g/mol. The van der Waals surface area contributed by atoms with E-state index in [0.29, 0.717) is 13.1 Å². The molecule has 1 aromatic carbocycles. The standard InChI is InChI=1S/C25H35N7/c1-4-26-25(28-15-24-30-29-23-11-7-8-12-32(23)24)27-14-21-9-5-6-10-22(21)18-31-16-19(2)13-20(3)17-31/h5-12,19-20H,4,13-18H2,1-3H3,(H2,26,27,28). The Morgan fingerprint density at radius 2 is 1.75 bits per heavy atom. The third kappa shape index (κ3) is 5.65. The average Bonchev–Trinajstić information content (AvgIpc) is 3.19. The van der Waals surface area contributed by atoms with Gasteiger partial charge in [0.05, 0.1) is 13.1 Å². The molecule has 2 unspecified atom stereocenters. The third-order valence-corrected chi connectivity index (χ3v) is 6.01. The second-order valence-electron chi connectivity index (χ2n) is 9.00. The Kier molecular flexibility index (Phi) is 7.37. The number of rotatable bonds is 7. The van der Waals surface area contributed by atoms with Gasteiger partial charge in [0.25, 0.3) is 0 Å². The highest BCUT2D eigenvalue weighted by atomic mass is 15.3. The molecule has 0 amide bonds. The number of aromatic nitrogens is 3. The zero-order chi connectivity index (χ0) is 22.3. The number of fused-ring (bicyclic) bond motifs is 1. The fourth-order valence-corrected chi connectivity index (χ4v) is 4.71. The average molecular weight is 434 g/mol. The molecule has 1 aliphatic heterocycles. The van der Waals surface area contributed by atoms with Gasteiger partial charge in [-0.05, 0) is 48.4 Å². The maximum Gasteiger partial charge on any atom is 0.191 e. The van der Waals surface area contributed by atoms with Crippen LogP contribution in [0.15, 0.2) is 53.7 Å². The zero-order valence-corrected chi connectivity index (χ0v) is 19.5. The van der Waals surface area contributed by atoms with Gasteiger partial charge in [-0.1, -0.05) is 44.2 Å². The summed E-state index contributed by atoms with van der Waals surface area (Å²) in [4.78, 5) is 7.46. The first-order chi connectivity index (χ1) is 15.6. The molecule has 0 spiro atoms. The van der Waals surface area contributed by atoms with E-state index in [-0.39, 0.29) is 0 Å². The van der Waals surface area contributed by atoms with Gasteiger partial charge in [0.1, 0.15) is 0 Å². The summed E-state index contributed by atoms with van der Waals surface area (Å²) >= 11 is 0. The minimum absolute atomic E-state index is 0.558. The van der Waals surface area contributed by atoms with Gasteiger partial charge in [-0.2, -0.15) is 0 Å². The number of guanidine groups is 1. The SMILES string of the molecule is CCNC(=NCc1ccccc1CN1CC(C)CC(C)C1)NCc1nnc2ccccn12. The number of hydrogen-bond donors (Lipinski definition) is 2. The Morgan fingerprint density at radius 1 is 1.00 bits per heavy atom. The Labute approximate surface area is 191 Å². The van der Waals surface area contributed by atoms with Crippen LogP contribution in [0.2, 0.25) is 0 Å². The van der Waals surface area contributed by atoms with E-state index < -0.39 is 0 Å². The molecule has 0 saturated carbocycles. The largest absolute Gasteiger partial charge is 0.357 e. The molecule has 0 bridgehead atoms. The monoisotopic (exact) mass is 433 g/mol. The highest BCUT2D eigenvalue weighted by Crippen LogP contribution is 2.23. The summed E-state index contributed by atoms with van der Waals surface area (Å²) in [5, 5.41) is 15.3. The number of nitrogens with one attached hydrogen (secondary N) is 2. The van der Waals surface area contributed by atoms with E-state index in [0.717, 1.165) is 42.4 Å². The van der Waals surface area contributed by atoms with Crippen LogP contribution in [-0.4, -0.2) is 45.1 Å². The number of benzene rings is 1. The number of nitrogens with zero attached hydrogens (tertiary/aromatic N) is 5. The number of pyridine rings is 1. The highest BCUT2D eigenvalue weighted by molar-refractivity contribution is 5.79. The first-order valence-corrected chi connectivity index (χ1v) is 11.7. The van der Waals surface area contributed by atoms with Crippen molar-refractivity contribution in [3.05, 3.63) is 65.6 Å². The Morgan fingerprint density at radius 3 is 2.53 bits per heavy atom. The van der Waals surface area contributed by atoms with Crippen LogP contribution in [0.4, 0.5) is 0 Å². The molecule has 2 aromatic heterocycles. The van der Waals surface area contributed by atoms with Crippen molar-refractivity contribution < 1.29 is 0 Å². The van der Waals surface area contributed by atoms with Crippen LogP contribution in [0, 0.1) is 11.8 Å². The summed E-state index contributed by atoms with van der Waals surface area (Å²) in [5.74, 6) is 3.18. The Balaban J connectivity index is 1.43. The maximum atomic E-state index is 4.87. The van der Waals surface area contributed by atoms with E-state index in [1.165, 1.54) is 30.6 Å². The molecule has 0 radical (unpaired) electrons. The maximum absolute atomic E-state index is 4.87. The highest BCUT2D eigenvalue weighted by Gasteiger charge is 2.22. The summed E-state index contributed by atoms with van der Waals surface area (Å²) in [6, 6.07) is 14.6. The zero-order valence-electron chi connectivity index (χ0n) is 19.5. The second kappa shape index (κ2) is 10.6. The molecule has 3 heterocycles. The van der Waals surface area contributed by atoms with Crippen LogP contribution in [-0.2, 0) is 19.6 Å². The normalized spacial score (nSPS) is 19.9. The lowest BCUT2D eigenvalue weighted by atomic mass is 9.91. The van der Waals surface area contributed by atoms with Crippen molar-refractivity contribution in [1.82, 2.24) is 30.1 Å². The van der Waals surface area contributed by atoms with Gasteiger partial charge in [0, 0.05) is 32.4 Å². The molecule has 0 aliphatic carbocycles. The van der Waals surface area contributed by atoms with E-state index >= 15 is 0 Å². The number of aliphatic imine (C=N–C) groups is 1. The molecule has 7 heteroatoms. The van der Waals surface area contributed by atoms with E-state index in [1.54, 1.807) is 0 Å². The van der Waals surface area contributed by atoms with Crippen LogP contribution in [0.25, 0.3) is 5.65 Å².